The van der Waals surface area contributed by atoms with Gasteiger partial charge < -0.3 is 5.11 Å². The Morgan fingerprint density at radius 2 is 1.85 bits per heavy atom. The second kappa shape index (κ2) is 6.82. The number of carboxylic acid groups (broad SMARTS) is 1. The molecule has 0 saturated heterocycles. The Morgan fingerprint density at radius 3 is 2.45 bits per heavy atom. The summed E-state index contributed by atoms with van der Waals surface area (Å²) in [6, 6.07) is 12.4. The molecule has 104 valence electrons. The van der Waals surface area contributed by atoms with E-state index in [9.17, 15) is 9.00 Å². The molecule has 6 heteroatoms. The lowest BCUT2D eigenvalue weighted by Crippen LogP contribution is -2.06. The molecule has 1 atom stereocenters. The normalized spacial score (nSPS) is 12.1. The number of hydrogen-bond donors (Lipinski definition) is 1. The van der Waals surface area contributed by atoms with Crippen LogP contribution < -0.4 is 0 Å². The summed E-state index contributed by atoms with van der Waals surface area (Å²) in [6.07, 6.45) is 0. The first-order valence-corrected chi connectivity index (χ1v) is 8.82. The molecule has 1 N–H and O–H groups in total. The van der Waals surface area contributed by atoms with Crippen molar-refractivity contribution in [2.75, 3.05) is 0 Å². The fourth-order valence-electron chi connectivity index (χ4n) is 1.67. The predicted octanol–water partition coefficient (Wildman–Crippen LogP) is 4.06. The first-order valence-electron chi connectivity index (χ1n) is 5.63. The molecule has 2 rings (SSSR count). The van der Waals surface area contributed by atoms with E-state index in [1.165, 1.54) is 6.07 Å². The highest BCUT2D eigenvalue weighted by molar-refractivity contribution is 14.1. The van der Waals surface area contributed by atoms with Crippen LogP contribution in [0.2, 0.25) is 0 Å². The van der Waals surface area contributed by atoms with Crippen molar-refractivity contribution in [1.82, 2.24) is 0 Å². The van der Waals surface area contributed by atoms with Crippen molar-refractivity contribution in [2.24, 2.45) is 0 Å². The van der Waals surface area contributed by atoms with Crippen LogP contribution >= 0.6 is 38.5 Å². The van der Waals surface area contributed by atoms with Gasteiger partial charge >= 0.3 is 5.97 Å². The van der Waals surface area contributed by atoms with E-state index in [-0.39, 0.29) is 5.56 Å². The molecule has 0 spiro atoms. The van der Waals surface area contributed by atoms with Crippen LogP contribution in [0, 0.1) is 3.57 Å². The molecule has 0 aliphatic heterocycles. The predicted molar refractivity (Wildman–Crippen MR) is 90.4 cm³/mol. The molecule has 0 bridgehead atoms. The average Bonchev–Trinajstić information content (AvgIpc) is 2.41. The summed E-state index contributed by atoms with van der Waals surface area (Å²) in [7, 11) is -1.40. The number of rotatable bonds is 4. The largest absolute Gasteiger partial charge is 0.478 e. The Kier molecular flexibility index (Phi) is 5.34. The van der Waals surface area contributed by atoms with Crippen molar-refractivity contribution in [3.63, 3.8) is 0 Å². The Labute approximate surface area is 141 Å². The van der Waals surface area contributed by atoms with Gasteiger partial charge in [0.2, 0.25) is 0 Å². The van der Waals surface area contributed by atoms with Gasteiger partial charge in [-0.1, -0.05) is 28.1 Å². The monoisotopic (exact) mass is 464 g/mol. The number of carbonyl (C=O) groups is 1. The Hall–Kier alpha value is -0.730. The van der Waals surface area contributed by atoms with Crippen LogP contribution in [0.3, 0.4) is 0 Å². The third-order valence-electron chi connectivity index (χ3n) is 2.63. The summed E-state index contributed by atoms with van der Waals surface area (Å²) >= 11 is 5.48. The van der Waals surface area contributed by atoms with E-state index >= 15 is 0 Å². The minimum atomic E-state index is -1.40. The van der Waals surface area contributed by atoms with Crippen molar-refractivity contribution < 1.29 is 14.1 Å². The standard InChI is InChI=1S/C14H10BrIO3S/c15-10-3-6-12(14(17)18)13(7-10)20(19)8-9-1-4-11(16)5-2-9/h1-7H,8H2,(H,17,18). The molecule has 20 heavy (non-hydrogen) atoms. The van der Waals surface area contributed by atoms with Crippen LogP contribution in [0.4, 0.5) is 0 Å². The van der Waals surface area contributed by atoms with Crippen molar-refractivity contribution in [3.8, 4) is 0 Å². The van der Waals surface area contributed by atoms with E-state index in [0.717, 1.165) is 9.13 Å². The van der Waals surface area contributed by atoms with Gasteiger partial charge in [-0.15, -0.1) is 0 Å². The summed E-state index contributed by atoms with van der Waals surface area (Å²) in [5, 5.41) is 9.16. The van der Waals surface area contributed by atoms with Gasteiger partial charge in [0.25, 0.3) is 0 Å². The van der Waals surface area contributed by atoms with E-state index in [1.54, 1.807) is 12.1 Å². The van der Waals surface area contributed by atoms with Gasteiger partial charge in [0.1, 0.15) is 0 Å². The van der Waals surface area contributed by atoms with Crippen molar-refractivity contribution in [1.29, 1.82) is 0 Å². The second-order valence-corrected chi connectivity index (χ2v) is 7.64. The molecule has 3 nitrogen and oxygen atoms in total. The highest BCUT2D eigenvalue weighted by Gasteiger charge is 2.16. The van der Waals surface area contributed by atoms with Crippen LogP contribution in [0.1, 0.15) is 15.9 Å². The maximum absolute atomic E-state index is 12.4. The van der Waals surface area contributed by atoms with Gasteiger partial charge in [0.15, 0.2) is 0 Å². The molecule has 0 aliphatic rings. The summed E-state index contributed by atoms with van der Waals surface area (Å²) in [4.78, 5) is 11.5. The minimum absolute atomic E-state index is 0.0806. The highest BCUT2D eigenvalue weighted by Crippen LogP contribution is 2.22. The fourth-order valence-corrected chi connectivity index (χ4v) is 3.85. The number of aromatic carboxylic acids is 1. The first-order chi connectivity index (χ1) is 9.47. The van der Waals surface area contributed by atoms with E-state index in [2.05, 4.69) is 38.5 Å². The molecule has 0 aliphatic carbocycles. The van der Waals surface area contributed by atoms with Gasteiger partial charge in [-0.3, -0.25) is 4.21 Å². The fraction of sp³-hybridized carbons (Fsp3) is 0.0714. The lowest BCUT2D eigenvalue weighted by atomic mass is 10.2. The number of carboxylic acids is 1. The molecule has 0 heterocycles. The molecule has 2 aromatic rings. The summed E-state index contributed by atoms with van der Waals surface area (Å²) in [6.45, 7) is 0. The van der Waals surface area contributed by atoms with Crippen LogP contribution in [0.5, 0.6) is 0 Å². The van der Waals surface area contributed by atoms with Crippen molar-refractivity contribution in [3.05, 3.63) is 61.6 Å². The lowest BCUT2D eigenvalue weighted by molar-refractivity contribution is 0.0693. The van der Waals surface area contributed by atoms with Gasteiger partial charge in [-0.25, -0.2) is 4.79 Å². The molecular formula is C14H10BrIO3S. The molecule has 0 amide bonds. The zero-order chi connectivity index (χ0) is 14.7. The Bertz CT molecular complexity index is 671. The minimum Gasteiger partial charge on any atom is -0.478 e. The SMILES string of the molecule is O=C(O)c1ccc(Br)cc1S(=O)Cc1ccc(I)cc1. The van der Waals surface area contributed by atoms with Crippen LogP contribution in [0.15, 0.2) is 51.8 Å². The Morgan fingerprint density at radius 1 is 1.20 bits per heavy atom. The lowest BCUT2D eigenvalue weighted by Gasteiger charge is -2.07. The van der Waals surface area contributed by atoms with Gasteiger partial charge in [-0.05, 0) is 58.5 Å². The molecule has 0 radical (unpaired) electrons. The van der Waals surface area contributed by atoms with Crippen LogP contribution in [-0.4, -0.2) is 15.3 Å². The summed E-state index contributed by atoms with van der Waals surface area (Å²) in [5.74, 6) is -0.767. The zero-order valence-electron chi connectivity index (χ0n) is 10.2. The third-order valence-corrected chi connectivity index (χ3v) is 5.27. The maximum atomic E-state index is 12.4. The first kappa shape index (κ1) is 15.7. The van der Waals surface area contributed by atoms with E-state index in [1.807, 2.05) is 24.3 Å². The molecule has 0 aromatic heterocycles. The number of halogens is 2. The highest BCUT2D eigenvalue weighted by atomic mass is 127. The summed E-state index contributed by atoms with van der Waals surface area (Å²) in [5.41, 5.74) is 0.997. The third kappa shape index (κ3) is 3.89. The molecule has 1 unspecified atom stereocenters. The molecule has 0 saturated carbocycles. The van der Waals surface area contributed by atoms with Crippen molar-refractivity contribution >= 4 is 55.3 Å². The van der Waals surface area contributed by atoms with Crippen LogP contribution in [0.25, 0.3) is 0 Å². The number of benzene rings is 2. The maximum Gasteiger partial charge on any atom is 0.336 e. The average molecular weight is 465 g/mol. The smallest absolute Gasteiger partial charge is 0.336 e. The van der Waals surface area contributed by atoms with Crippen LogP contribution in [-0.2, 0) is 16.6 Å². The number of hydrogen-bond acceptors (Lipinski definition) is 2. The van der Waals surface area contributed by atoms with Crippen molar-refractivity contribution in [2.45, 2.75) is 10.6 Å². The molecule has 2 aromatic carbocycles. The molecule has 0 fully saturated rings. The van der Waals surface area contributed by atoms with E-state index in [4.69, 9.17) is 5.11 Å². The van der Waals surface area contributed by atoms with E-state index < -0.39 is 16.8 Å². The topological polar surface area (TPSA) is 54.4 Å². The zero-order valence-corrected chi connectivity index (χ0v) is 14.7. The van der Waals surface area contributed by atoms with E-state index in [0.29, 0.717) is 15.1 Å². The summed E-state index contributed by atoms with van der Waals surface area (Å²) < 4.78 is 14.2. The van der Waals surface area contributed by atoms with Gasteiger partial charge in [-0.2, -0.15) is 0 Å². The second-order valence-electron chi connectivity index (χ2n) is 4.06. The molecular weight excluding hydrogens is 455 g/mol. The quantitative estimate of drug-likeness (QED) is 0.694. The Balaban J connectivity index is 2.31. The van der Waals surface area contributed by atoms with Gasteiger partial charge in [0, 0.05) is 8.04 Å². The van der Waals surface area contributed by atoms with Gasteiger partial charge in [0.05, 0.1) is 27.0 Å².